The van der Waals surface area contributed by atoms with Crippen molar-refractivity contribution in [1.29, 1.82) is 0 Å². The van der Waals surface area contributed by atoms with Gasteiger partial charge < -0.3 is 14.2 Å². The molecule has 0 saturated heterocycles. The lowest BCUT2D eigenvalue weighted by molar-refractivity contribution is 0.104. The van der Waals surface area contributed by atoms with Gasteiger partial charge in [0.05, 0.1) is 0 Å². The number of ketones is 1. The Labute approximate surface area is 156 Å². The van der Waals surface area contributed by atoms with E-state index in [1.54, 1.807) is 6.08 Å². The van der Waals surface area contributed by atoms with Crippen LogP contribution in [0.2, 0.25) is 0 Å². The first-order valence-corrected chi connectivity index (χ1v) is 8.75. The molecular formula is C23H16O4. The molecule has 1 aliphatic heterocycles. The van der Waals surface area contributed by atoms with Crippen LogP contribution in [0.15, 0.2) is 72.8 Å². The fourth-order valence-corrected chi connectivity index (χ4v) is 3.38. The molecule has 3 aromatic carbocycles. The third-order valence-electron chi connectivity index (χ3n) is 4.75. The van der Waals surface area contributed by atoms with Crippen LogP contribution < -0.4 is 14.2 Å². The number of hydrogen-bond acceptors (Lipinski definition) is 4. The van der Waals surface area contributed by atoms with Crippen molar-refractivity contribution in [3.63, 3.8) is 0 Å². The molecule has 132 valence electrons. The van der Waals surface area contributed by atoms with Crippen molar-refractivity contribution >= 4 is 11.4 Å². The van der Waals surface area contributed by atoms with E-state index in [2.05, 4.69) is 0 Å². The topological polar surface area (TPSA) is 44.8 Å². The van der Waals surface area contributed by atoms with Gasteiger partial charge in [0.25, 0.3) is 0 Å². The van der Waals surface area contributed by atoms with Crippen molar-refractivity contribution in [2.24, 2.45) is 0 Å². The Hall–Kier alpha value is -3.53. The molecule has 5 rings (SSSR count). The molecule has 4 nitrogen and oxygen atoms in total. The lowest BCUT2D eigenvalue weighted by atomic mass is 9.98. The quantitative estimate of drug-likeness (QED) is 0.684. The van der Waals surface area contributed by atoms with E-state index in [1.807, 2.05) is 66.7 Å². The highest BCUT2D eigenvalue weighted by atomic mass is 16.7. The molecule has 1 aliphatic carbocycles. The normalized spacial score (nSPS) is 14.1. The van der Waals surface area contributed by atoms with Crippen LogP contribution in [0.4, 0.5) is 0 Å². The summed E-state index contributed by atoms with van der Waals surface area (Å²) in [6.07, 6.45) is 1.67. The zero-order valence-corrected chi connectivity index (χ0v) is 14.5. The summed E-state index contributed by atoms with van der Waals surface area (Å²) in [6, 6.07) is 21.3. The first-order chi connectivity index (χ1) is 13.3. The van der Waals surface area contributed by atoms with Crippen molar-refractivity contribution in [2.45, 2.75) is 6.61 Å². The number of benzene rings is 3. The maximum absolute atomic E-state index is 12.5. The molecule has 0 saturated carbocycles. The van der Waals surface area contributed by atoms with Crippen molar-refractivity contribution in [3.05, 3.63) is 95.1 Å². The highest BCUT2D eigenvalue weighted by molar-refractivity contribution is 6.19. The van der Waals surface area contributed by atoms with Crippen molar-refractivity contribution in [1.82, 2.24) is 0 Å². The summed E-state index contributed by atoms with van der Waals surface area (Å²) < 4.78 is 16.7. The van der Waals surface area contributed by atoms with Gasteiger partial charge in [0.15, 0.2) is 17.3 Å². The van der Waals surface area contributed by atoms with Crippen LogP contribution in [0.1, 0.15) is 27.0 Å². The van der Waals surface area contributed by atoms with Crippen LogP contribution in [0.3, 0.4) is 0 Å². The van der Waals surface area contributed by atoms with Crippen molar-refractivity contribution in [3.8, 4) is 17.2 Å². The van der Waals surface area contributed by atoms with Gasteiger partial charge >= 0.3 is 0 Å². The highest BCUT2D eigenvalue weighted by Gasteiger charge is 2.24. The summed E-state index contributed by atoms with van der Waals surface area (Å²) in [4.78, 5) is 12.5. The van der Waals surface area contributed by atoms with Crippen molar-refractivity contribution in [2.75, 3.05) is 6.79 Å². The molecule has 1 heterocycles. The average Bonchev–Trinajstić information content (AvgIpc) is 3.31. The molecule has 2 aliphatic rings. The fourth-order valence-electron chi connectivity index (χ4n) is 3.38. The Morgan fingerprint density at radius 3 is 2.59 bits per heavy atom. The Bertz CT molecular complexity index is 1070. The Kier molecular flexibility index (Phi) is 3.68. The molecule has 0 spiro atoms. The van der Waals surface area contributed by atoms with E-state index in [0.717, 1.165) is 28.0 Å². The zero-order valence-electron chi connectivity index (χ0n) is 14.5. The molecule has 27 heavy (non-hydrogen) atoms. The maximum Gasteiger partial charge on any atom is 0.231 e. The highest BCUT2D eigenvalue weighted by Crippen LogP contribution is 2.39. The van der Waals surface area contributed by atoms with Crippen LogP contribution in [-0.2, 0) is 6.61 Å². The van der Waals surface area contributed by atoms with Crippen LogP contribution in [0.25, 0.3) is 5.57 Å². The molecule has 0 bridgehead atoms. The van der Waals surface area contributed by atoms with Gasteiger partial charge in [-0.15, -0.1) is 0 Å². The number of ether oxygens (including phenoxy) is 3. The van der Waals surface area contributed by atoms with E-state index in [9.17, 15) is 4.79 Å². The monoisotopic (exact) mass is 356 g/mol. The van der Waals surface area contributed by atoms with E-state index in [0.29, 0.717) is 23.7 Å². The summed E-state index contributed by atoms with van der Waals surface area (Å²) >= 11 is 0. The van der Waals surface area contributed by atoms with E-state index in [1.165, 1.54) is 0 Å². The number of rotatable bonds is 4. The third kappa shape index (κ3) is 2.85. The molecule has 0 radical (unpaired) electrons. The molecule has 0 amide bonds. The predicted octanol–water partition coefficient (Wildman–Crippen LogP) is 4.62. The second-order valence-electron chi connectivity index (χ2n) is 6.47. The minimum atomic E-state index is -0.0113. The van der Waals surface area contributed by atoms with Crippen molar-refractivity contribution < 1.29 is 19.0 Å². The van der Waals surface area contributed by atoms with Gasteiger partial charge in [-0.25, -0.2) is 0 Å². The molecule has 0 aromatic heterocycles. The van der Waals surface area contributed by atoms with Gasteiger partial charge in [-0.3, -0.25) is 4.79 Å². The predicted molar refractivity (Wildman–Crippen MR) is 101 cm³/mol. The van der Waals surface area contributed by atoms with Crippen LogP contribution >= 0.6 is 0 Å². The van der Waals surface area contributed by atoms with Gasteiger partial charge in [0, 0.05) is 5.56 Å². The molecule has 0 unspecified atom stereocenters. The number of hydrogen-bond donors (Lipinski definition) is 0. The molecule has 0 fully saturated rings. The van der Waals surface area contributed by atoms with E-state index in [-0.39, 0.29) is 12.6 Å². The third-order valence-corrected chi connectivity index (χ3v) is 4.75. The summed E-state index contributed by atoms with van der Waals surface area (Å²) in [5.74, 6) is 2.11. The van der Waals surface area contributed by atoms with E-state index in [4.69, 9.17) is 14.2 Å². The molecule has 3 aromatic rings. The summed E-state index contributed by atoms with van der Waals surface area (Å²) in [5.41, 5.74) is 4.48. The average molecular weight is 356 g/mol. The van der Waals surface area contributed by atoms with E-state index < -0.39 is 0 Å². The summed E-state index contributed by atoms with van der Waals surface area (Å²) in [5, 5.41) is 0. The lowest BCUT2D eigenvalue weighted by Gasteiger charge is -2.10. The fraction of sp³-hybridized carbons (Fsp3) is 0.0870. The van der Waals surface area contributed by atoms with Gasteiger partial charge in [-0.2, -0.15) is 0 Å². The smallest absolute Gasteiger partial charge is 0.231 e. The lowest BCUT2D eigenvalue weighted by Crippen LogP contribution is -1.98. The standard InChI is InChI=1S/C23H16O4/c24-21-12-19(16-6-9-22-23(10-16)27-14-26-22)18-8-7-17(11-20(18)21)25-13-15-4-2-1-3-5-15/h1-12H,13-14H2. The Balaban J connectivity index is 1.41. The van der Waals surface area contributed by atoms with Gasteiger partial charge in [-0.05, 0) is 58.7 Å². The number of fused-ring (bicyclic) bond motifs is 2. The van der Waals surface area contributed by atoms with Gasteiger partial charge in [0.2, 0.25) is 6.79 Å². The molecule has 0 atom stereocenters. The molecule has 4 heteroatoms. The molecular weight excluding hydrogens is 340 g/mol. The van der Waals surface area contributed by atoms with Gasteiger partial charge in [0.1, 0.15) is 12.4 Å². The molecule has 0 N–H and O–H groups in total. The second kappa shape index (κ2) is 6.32. The first-order valence-electron chi connectivity index (χ1n) is 8.75. The SMILES string of the molecule is O=C1C=C(c2ccc3c(c2)OCO3)c2ccc(OCc3ccccc3)cc21. The minimum absolute atomic E-state index is 0.0113. The second-order valence-corrected chi connectivity index (χ2v) is 6.47. The summed E-state index contributed by atoms with van der Waals surface area (Å²) in [6.45, 7) is 0.700. The summed E-state index contributed by atoms with van der Waals surface area (Å²) in [7, 11) is 0. The zero-order chi connectivity index (χ0) is 18.2. The van der Waals surface area contributed by atoms with E-state index >= 15 is 0 Å². The largest absolute Gasteiger partial charge is 0.489 e. The van der Waals surface area contributed by atoms with Crippen LogP contribution in [0, 0.1) is 0 Å². The van der Waals surface area contributed by atoms with Gasteiger partial charge in [-0.1, -0.05) is 36.4 Å². The number of carbonyl (C=O) groups excluding carboxylic acids is 1. The maximum atomic E-state index is 12.5. The number of carbonyl (C=O) groups is 1. The Morgan fingerprint density at radius 2 is 1.70 bits per heavy atom. The Morgan fingerprint density at radius 1 is 0.852 bits per heavy atom. The van der Waals surface area contributed by atoms with Crippen LogP contribution in [-0.4, -0.2) is 12.6 Å². The van der Waals surface area contributed by atoms with Crippen LogP contribution in [0.5, 0.6) is 17.2 Å². The first kappa shape index (κ1) is 15.7. The minimum Gasteiger partial charge on any atom is -0.489 e. The number of allylic oxidation sites excluding steroid dienone is 1.